The van der Waals surface area contributed by atoms with Crippen LogP contribution in [0.2, 0.25) is 0 Å². The van der Waals surface area contributed by atoms with Crippen molar-refractivity contribution in [2.45, 2.75) is 40.3 Å². The van der Waals surface area contributed by atoms with Crippen LogP contribution >= 0.6 is 0 Å². The molecule has 1 rings (SSSR count). The number of allylic oxidation sites excluding steroid dienone is 2. The Balaban J connectivity index is 2.48. The lowest BCUT2D eigenvalue weighted by molar-refractivity contribution is -0.704. The van der Waals surface area contributed by atoms with Crippen LogP contribution in [0.1, 0.15) is 34.1 Å². The number of nitrogens with two attached hydrogens (primary N) is 1. The molecule has 0 unspecified atom stereocenters. The predicted octanol–water partition coefficient (Wildman–Crippen LogP) is 1.29. The molecule has 2 N–H and O–H groups in total. The van der Waals surface area contributed by atoms with E-state index in [9.17, 15) is 0 Å². The van der Waals surface area contributed by atoms with Crippen LogP contribution in [-0.2, 0) is 4.74 Å². The molecule has 0 aromatic carbocycles. The van der Waals surface area contributed by atoms with Crippen molar-refractivity contribution in [2.75, 3.05) is 13.2 Å². The van der Waals surface area contributed by atoms with Crippen molar-refractivity contribution in [3.05, 3.63) is 11.6 Å². The molecule has 1 saturated heterocycles. The molecule has 0 aromatic heterocycles. The summed E-state index contributed by atoms with van der Waals surface area (Å²) in [5.41, 5.74) is 1.65. The first-order valence-electron chi connectivity index (χ1n) is 5.11. The highest BCUT2D eigenvalue weighted by Gasteiger charge is 2.35. The van der Waals surface area contributed by atoms with Crippen LogP contribution in [0.15, 0.2) is 11.6 Å². The molecule has 0 saturated carbocycles. The second-order valence-corrected chi connectivity index (χ2v) is 4.79. The van der Waals surface area contributed by atoms with Crippen LogP contribution in [0.4, 0.5) is 0 Å². The Morgan fingerprint density at radius 3 is 2.69 bits per heavy atom. The third kappa shape index (κ3) is 3.12. The van der Waals surface area contributed by atoms with Gasteiger partial charge in [-0.3, -0.25) is 0 Å². The van der Waals surface area contributed by atoms with E-state index >= 15 is 0 Å². The number of hydrogen-bond donors (Lipinski definition) is 1. The van der Waals surface area contributed by atoms with E-state index in [1.807, 2.05) is 0 Å². The van der Waals surface area contributed by atoms with Crippen molar-refractivity contribution in [2.24, 2.45) is 5.41 Å². The fourth-order valence-electron chi connectivity index (χ4n) is 1.61. The van der Waals surface area contributed by atoms with Gasteiger partial charge in [0.05, 0.1) is 0 Å². The Hall–Kier alpha value is -0.340. The Bertz CT molecular complexity index is 186. The molecule has 0 aliphatic carbocycles. The fourth-order valence-corrected chi connectivity index (χ4v) is 1.61. The molecule has 1 atom stereocenters. The first kappa shape index (κ1) is 10.7. The molecule has 76 valence electrons. The predicted molar refractivity (Wildman–Crippen MR) is 54.4 cm³/mol. The third-order valence-electron chi connectivity index (χ3n) is 2.60. The van der Waals surface area contributed by atoms with Gasteiger partial charge in [-0.2, -0.15) is 0 Å². The van der Waals surface area contributed by atoms with Crippen LogP contribution in [0.5, 0.6) is 0 Å². The summed E-state index contributed by atoms with van der Waals surface area (Å²) in [5, 5.41) is 2.30. The summed E-state index contributed by atoms with van der Waals surface area (Å²) in [6.45, 7) is 10.9. The molecule has 1 aliphatic rings. The van der Waals surface area contributed by atoms with E-state index in [-0.39, 0.29) is 5.41 Å². The smallest absolute Gasteiger partial charge is 0.195 e. The summed E-state index contributed by atoms with van der Waals surface area (Å²) >= 11 is 0. The quantitative estimate of drug-likeness (QED) is 0.657. The molecule has 0 radical (unpaired) electrons. The summed E-state index contributed by atoms with van der Waals surface area (Å²) in [7, 11) is 0. The molecule has 2 heteroatoms. The molecule has 0 spiro atoms. The molecule has 1 aliphatic heterocycles. The second-order valence-electron chi connectivity index (χ2n) is 4.79. The third-order valence-corrected chi connectivity index (χ3v) is 2.60. The van der Waals surface area contributed by atoms with Crippen molar-refractivity contribution < 1.29 is 10.1 Å². The van der Waals surface area contributed by atoms with Crippen molar-refractivity contribution in [3.63, 3.8) is 0 Å². The Morgan fingerprint density at radius 2 is 2.23 bits per heavy atom. The first-order chi connectivity index (χ1) is 6.02. The van der Waals surface area contributed by atoms with E-state index in [4.69, 9.17) is 4.74 Å². The largest absolute Gasteiger partial charge is 0.323 e. The Labute approximate surface area is 81.4 Å². The van der Waals surface area contributed by atoms with Crippen molar-refractivity contribution >= 4 is 0 Å². The summed E-state index contributed by atoms with van der Waals surface area (Å²) in [4.78, 5) is 0. The first-order valence-corrected chi connectivity index (χ1v) is 5.11. The zero-order chi connectivity index (χ0) is 9.90. The van der Waals surface area contributed by atoms with E-state index in [1.54, 1.807) is 0 Å². The van der Waals surface area contributed by atoms with E-state index in [2.05, 4.69) is 39.1 Å². The van der Waals surface area contributed by atoms with Gasteiger partial charge in [-0.05, 0) is 20.3 Å². The van der Waals surface area contributed by atoms with Gasteiger partial charge in [0.2, 0.25) is 0 Å². The van der Waals surface area contributed by atoms with Gasteiger partial charge in [0.15, 0.2) is 6.23 Å². The highest BCUT2D eigenvalue weighted by Crippen LogP contribution is 2.26. The van der Waals surface area contributed by atoms with Gasteiger partial charge in [0.25, 0.3) is 0 Å². The topological polar surface area (TPSA) is 25.8 Å². The molecule has 2 nitrogen and oxygen atoms in total. The SMILES string of the molecule is CC(C)=CCC(C)(C)[C@H]1[NH2+]CCO1. The minimum absolute atomic E-state index is 0.258. The lowest BCUT2D eigenvalue weighted by Gasteiger charge is -2.26. The van der Waals surface area contributed by atoms with Crippen LogP contribution in [-0.4, -0.2) is 19.4 Å². The standard InChI is InChI=1S/C11H21NO/c1-9(2)5-6-11(3,4)10-12-7-8-13-10/h5,10,12H,6-8H2,1-4H3/p+1/t10-/m0/s1. The highest BCUT2D eigenvalue weighted by molar-refractivity contribution is 4.96. The molecular formula is C11H22NO+. The monoisotopic (exact) mass is 184 g/mol. The minimum atomic E-state index is 0.258. The second kappa shape index (κ2) is 4.25. The van der Waals surface area contributed by atoms with Crippen LogP contribution in [0, 0.1) is 5.41 Å². The number of ether oxygens (including phenoxy) is 1. The summed E-state index contributed by atoms with van der Waals surface area (Å²) in [6, 6.07) is 0. The van der Waals surface area contributed by atoms with Gasteiger partial charge in [-0.1, -0.05) is 25.5 Å². The van der Waals surface area contributed by atoms with Crippen LogP contribution < -0.4 is 5.32 Å². The van der Waals surface area contributed by atoms with Gasteiger partial charge >= 0.3 is 0 Å². The zero-order valence-corrected chi connectivity index (χ0v) is 9.26. The van der Waals surface area contributed by atoms with Crippen molar-refractivity contribution in [1.29, 1.82) is 0 Å². The van der Waals surface area contributed by atoms with Crippen molar-refractivity contribution in [1.82, 2.24) is 0 Å². The van der Waals surface area contributed by atoms with E-state index in [1.165, 1.54) is 5.57 Å². The van der Waals surface area contributed by atoms with Gasteiger partial charge in [-0.15, -0.1) is 0 Å². The van der Waals surface area contributed by atoms with Gasteiger partial charge in [-0.25, -0.2) is 0 Å². The molecule has 13 heavy (non-hydrogen) atoms. The summed E-state index contributed by atoms with van der Waals surface area (Å²) in [6.07, 6.45) is 3.76. The average Bonchev–Trinajstić information content (AvgIpc) is 2.53. The van der Waals surface area contributed by atoms with Gasteiger partial charge in [0.1, 0.15) is 13.2 Å². The molecule has 1 fully saturated rings. The summed E-state index contributed by atoms with van der Waals surface area (Å²) in [5.74, 6) is 0. The molecule has 1 heterocycles. The van der Waals surface area contributed by atoms with Crippen LogP contribution in [0.25, 0.3) is 0 Å². The highest BCUT2D eigenvalue weighted by atomic mass is 16.5. The average molecular weight is 184 g/mol. The lowest BCUT2D eigenvalue weighted by atomic mass is 9.86. The zero-order valence-electron chi connectivity index (χ0n) is 9.26. The lowest BCUT2D eigenvalue weighted by Crippen LogP contribution is -2.89. The molecule has 0 bridgehead atoms. The number of hydrogen-bond acceptors (Lipinski definition) is 1. The van der Waals surface area contributed by atoms with E-state index in [0.717, 1.165) is 19.6 Å². The maximum absolute atomic E-state index is 5.67. The fraction of sp³-hybridized carbons (Fsp3) is 0.818. The van der Waals surface area contributed by atoms with Gasteiger partial charge < -0.3 is 10.1 Å². The van der Waals surface area contributed by atoms with Crippen molar-refractivity contribution in [3.8, 4) is 0 Å². The maximum atomic E-state index is 5.67. The summed E-state index contributed by atoms with van der Waals surface area (Å²) < 4.78 is 5.67. The number of rotatable bonds is 3. The minimum Gasteiger partial charge on any atom is -0.323 e. The normalized spacial score (nSPS) is 23.2. The Morgan fingerprint density at radius 1 is 1.54 bits per heavy atom. The van der Waals surface area contributed by atoms with E-state index < -0.39 is 0 Å². The maximum Gasteiger partial charge on any atom is 0.195 e. The molecular weight excluding hydrogens is 162 g/mol. The molecule has 0 aromatic rings. The van der Waals surface area contributed by atoms with Crippen LogP contribution in [0.3, 0.4) is 0 Å². The molecule has 0 amide bonds. The Kier molecular flexibility index (Phi) is 3.51. The number of quaternary nitrogens is 1. The van der Waals surface area contributed by atoms with E-state index in [0.29, 0.717) is 6.23 Å². The van der Waals surface area contributed by atoms with Gasteiger partial charge in [0, 0.05) is 5.41 Å².